The number of nitrogens with one attached hydrogen (secondary N) is 1. The van der Waals surface area contributed by atoms with E-state index in [1.807, 2.05) is 13.8 Å². The van der Waals surface area contributed by atoms with Gasteiger partial charge in [0.25, 0.3) is 0 Å². The van der Waals surface area contributed by atoms with Gasteiger partial charge in [0.1, 0.15) is 17.5 Å². The Morgan fingerprint density at radius 2 is 2.05 bits per heavy atom. The Morgan fingerprint density at radius 3 is 2.68 bits per heavy atom. The highest BCUT2D eigenvalue weighted by molar-refractivity contribution is 5.58. The summed E-state index contributed by atoms with van der Waals surface area (Å²) in [4.78, 5) is 13.7. The maximum Gasteiger partial charge on any atom is 0.148 e. The van der Waals surface area contributed by atoms with Crippen LogP contribution in [0.15, 0.2) is 0 Å². The van der Waals surface area contributed by atoms with E-state index in [4.69, 9.17) is 5.84 Å². The van der Waals surface area contributed by atoms with E-state index in [0.717, 1.165) is 49.1 Å². The molecule has 6 heteroatoms. The predicted molar refractivity (Wildman–Crippen MR) is 78.2 cm³/mol. The third kappa shape index (κ3) is 2.79. The van der Waals surface area contributed by atoms with Gasteiger partial charge in [0.2, 0.25) is 0 Å². The lowest BCUT2D eigenvalue weighted by atomic mass is 10.1. The van der Waals surface area contributed by atoms with Crippen molar-refractivity contribution in [2.75, 3.05) is 37.0 Å². The van der Waals surface area contributed by atoms with Gasteiger partial charge in [0, 0.05) is 31.2 Å². The number of nitrogen functional groups attached to an aromatic ring is 1. The molecule has 106 valence electrons. The van der Waals surface area contributed by atoms with Gasteiger partial charge in [-0.2, -0.15) is 0 Å². The molecule has 1 unspecified atom stereocenters. The molecule has 0 spiro atoms. The van der Waals surface area contributed by atoms with Gasteiger partial charge in [-0.25, -0.2) is 15.8 Å². The van der Waals surface area contributed by atoms with E-state index >= 15 is 0 Å². The number of hydrogen-bond acceptors (Lipinski definition) is 6. The lowest BCUT2D eigenvalue weighted by Crippen LogP contribution is -2.51. The molecule has 2 heterocycles. The summed E-state index contributed by atoms with van der Waals surface area (Å²) in [6.07, 6.45) is 1.15. The zero-order valence-electron chi connectivity index (χ0n) is 12.3. The number of likely N-dealkylation sites (N-methyl/N-ethyl adjacent to an activating group) is 1. The molecular formula is C13H24N6. The van der Waals surface area contributed by atoms with Crippen LogP contribution in [0.4, 0.5) is 11.6 Å². The number of nitrogens with zero attached hydrogens (tertiary/aromatic N) is 4. The second kappa shape index (κ2) is 5.71. The number of hydrazine groups is 1. The molecule has 1 aromatic heterocycles. The van der Waals surface area contributed by atoms with Crippen LogP contribution in [-0.2, 0) is 0 Å². The van der Waals surface area contributed by atoms with Crippen LogP contribution >= 0.6 is 0 Å². The predicted octanol–water partition coefficient (Wildman–Crippen LogP) is 0.909. The summed E-state index contributed by atoms with van der Waals surface area (Å²) >= 11 is 0. The van der Waals surface area contributed by atoms with Crippen LogP contribution in [0.5, 0.6) is 0 Å². The van der Waals surface area contributed by atoms with Gasteiger partial charge in [-0.05, 0) is 27.3 Å². The first kappa shape index (κ1) is 14.0. The molecule has 0 radical (unpaired) electrons. The molecule has 1 aliphatic heterocycles. The molecule has 6 nitrogen and oxygen atoms in total. The van der Waals surface area contributed by atoms with E-state index in [1.54, 1.807) is 0 Å². The van der Waals surface area contributed by atoms with E-state index in [9.17, 15) is 0 Å². The maximum atomic E-state index is 5.53. The van der Waals surface area contributed by atoms with Crippen LogP contribution in [0.3, 0.4) is 0 Å². The van der Waals surface area contributed by atoms with Crippen molar-refractivity contribution in [1.82, 2.24) is 14.9 Å². The molecule has 0 aliphatic carbocycles. The fraction of sp³-hybridized carbons (Fsp3) is 0.692. The smallest absolute Gasteiger partial charge is 0.148 e. The second-order valence-corrected chi connectivity index (χ2v) is 5.20. The van der Waals surface area contributed by atoms with E-state index < -0.39 is 0 Å². The van der Waals surface area contributed by atoms with E-state index in [1.165, 1.54) is 0 Å². The SMILES string of the molecule is CCC1CN(c2nc(C)nc(NN)c2C)CCN1C. The molecule has 1 aromatic rings. The van der Waals surface area contributed by atoms with Crippen LogP contribution in [0.25, 0.3) is 0 Å². The zero-order valence-corrected chi connectivity index (χ0v) is 12.3. The largest absolute Gasteiger partial charge is 0.353 e. The lowest BCUT2D eigenvalue weighted by Gasteiger charge is -2.40. The summed E-state index contributed by atoms with van der Waals surface area (Å²) in [7, 11) is 2.19. The first-order chi connectivity index (χ1) is 9.06. The molecule has 19 heavy (non-hydrogen) atoms. The molecule has 1 aliphatic rings. The van der Waals surface area contributed by atoms with Gasteiger partial charge in [-0.3, -0.25) is 4.90 Å². The third-order valence-corrected chi connectivity index (χ3v) is 3.92. The number of anilines is 2. The van der Waals surface area contributed by atoms with E-state index in [0.29, 0.717) is 6.04 Å². The Morgan fingerprint density at radius 1 is 1.32 bits per heavy atom. The summed E-state index contributed by atoms with van der Waals surface area (Å²) in [5, 5.41) is 0. The average molecular weight is 264 g/mol. The molecule has 0 bridgehead atoms. The van der Waals surface area contributed by atoms with Gasteiger partial charge in [0.05, 0.1) is 0 Å². The van der Waals surface area contributed by atoms with E-state index in [-0.39, 0.29) is 0 Å². The highest BCUT2D eigenvalue weighted by Crippen LogP contribution is 2.25. The monoisotopic (exact) mass is 264 g/mol. The number of aromatic nitrogens is 2. The zero-order chi connectivity index (χ0) is 14.0. The lowest BCUT2D eigenvalue weighted by molar-refractivity contribution is 0.212. The number of hydrogen-bond donors (Lipinski definition) is 2. The molecule has 1 atom stereocenters. The van der Waals surface area contributed by atoms with Crippen LogP contribution < -0.4 is 16.2 Å². The Bertz CT molecular complexity index is 447. The molecule has 0 amide bonds. The summed E-state index contributed by atoms with van der Waals surface area (Å²) in [6.45, 7) is 9.21. The van der Waals surface area contributed by atoms with Crippen molar-refractivity contribution in [2.45, 2.75) is 33.2 Å². The van der Waals surface area contributed by atoms with Gasteiger partial charge >= 0.3 is 0 Å². The van der Waals surface area contributed by atoms with Crippen molar-refractivity contribution in [1.29, 1.82) is 0 Å². The highest BCUT2D eigenvalue weighted by Gasteiger charge is 2.25. The number of nitrogens with two attached hydrogens (primary N) is 1. The number of piperazine rings is 1. The summed E-state index contributed by atoms with van der Waals surface area (Å²) in [5.74, 6) is 8.00. The first-order valence-electron chi connectivity index (χ1n) is 6.83. The maximum absolute atomic E-state index is 5.53. The minimum Gasteiger partial charge on any atom is -0.353 e. The summed E-state index contributed by atoms with van der Waals surface area (Å²) in [5.41, 5.74) is 3.68. The third-order valence-electron chi connectivity index (χ3n) is 3.92. The molecule has 0 saturated carbocycles. The Hall–Kier alpha value is -1.40. The molecule has 3 N–H and O–H groups in total. The minimum atomic E-state index is 0.581. The van der Waals surface area contributed by atoms with Crippen LogP contribution in [0.2, 0.25) is 0 Å². The van der Waals surface area contributed by atoms with Crippen molar-refractivity contribution in [3.05, 3.63) is 11.4 Å². The van der Waals surface area contributed by atoms with Gasteiger partial charge in [-0.1, -0.05) is 6.92 Å². The Labute approximate surface area is 115 Å². The number of rotatable bonds is 3. The van der Waals surface area contributed by atoms with Crippen molar-refractivity contribution in [3.8, 4) is 0 Å². The molecule has 1 fully saturated rings. The molecule has 0 aromatic carbocycles. The van der Waals surface area contributed by atoms with Crippen molar-refractivity contribution >= 4 is 11.6 Å². The average Bonchev–Trinajstić information content (AvgIpc) is 2.41. The quantitative estimate of drug-likeness (QED) is 0.624. The van der Waals surface area contributed by atoms with Gasteiger partial charge in [-0.15, -0.1) is 0 Å². The summed E-state index contributed by atoms with van der Waals surface area (Å²) in [6, 6.07) is 0.581. The fourth-order valence-electron chi connectivity index (χ4n) is 2.64. The topological polar surface area (TPSA) is 70.3 Å². The van der Waals surface area contributed by atoms with Crippen molar-refractivity contribution < 1.29 is 0 Å². The van der Waals surface area contributed by atoms with Crippen LogP contribution in [-0.4, -0.2) is 47.6 Å². The number of aryl methyl sites for hydroxylation is 1. The standard InChI is InChI=1S/C13H24N6/c1-5-11-8-19(7-6-18(11)4)13-9(2)12(17-14)15-10(3)16-13/h11H,5-8,14H2,1-4H3,(H,15,16,17). The second-order valence-electron chi connectivity index (χ2n) is 5.20. The summed E-state index contributed by atoms with van der Waals surface area (Å²) < 4.78 is 0. The van der Waals surface area contributed by atoms with Crippen molar-refractivity contribution in [3.63, 3.8) is 0 Å². The highest BCUT2D eigenvalue weighted by atomic mass is 15.3. The van der Waals surface area contributed by atoms with E-state index in [2.05, 4.69) is 39.2 Å². The van der Waals surface area contributed by atoms with Gasteiger partial charge < -0.3 is 10.3 Å². The molecule has 2 rings (SSSR count). The van der Waals surface area contributed by atoms with Crippen molar-refractivity contribution in [2.24, 2.45) is 5.84 Å². The van der Waals surface area contributed by atoms with Crippen LogP contribution in [0.1, 0.15) is 24.7 Å². The Kier molecular flexibility index (Phi) is 4.21. The van der Waals surface area contributed by atoms with Gasteiger partial charge in [0.15, 0.2) is 0 Å². The molecular weight excluding hydrogens is 240 g/mol. The minimum absolute atomic E-state index is 0.581. The first-order valence-corrected chi connectivity index (χ1v) is 6.83. The fourth-order valence-corrected chi connectivity index (χ4v) is 2.64. The van der Waals surface area contributed by atoms with Crippen LogP contribution in [0, 0.1) is 13.8 Å². The normalized spacial score (nSPS) is 20.7. The molecule has 1 saturated heterocycles. The Balaban J connectivity index is 2.29.